The molecule has 5 heteroatoms. The van der Waals surface area contributed by atoms with Crippen molar-refractivity contribution in [1.82, 2.24) is 19.9 Å². The number of hydrogen-bond acceptors (Lipinski definition) is 4. The zero-order valence-electron chi connectivity index (χ0n) is 10.1. The van der Waals surface area contributed by atoms with E-state index in [-0.39, 0.29) is 6.04 Å². The molecule has 1 unspecified atom stereocenters. The molecule has 92 valence electrons. The van der Waals surface area contributed by atoms with E-state index < -0.39 is 0 Å². The van der Waals surface area contributed by atoms with E-state index in [0.717, 1.165) is 11.9 Å². The highest BCUT2D eigenvalue weighted by molar-refractivity contribution is 7.09. The Bertz CT molecular complexity index is 629. The molecule has 0 aromatic carbocycles. The zero-order chi connectivity index (χ0) is 12.4. The second-order valence-electron chi connectivity index (χ2n) is 4.14. The van der Waals surface area contributed by atoms with Gasteiger partial charge in [-0.05, 0) is 19.2 Å². The SMILES string of the molecule is CNC(Cc1cncs1)c1cnn2ccccc12. The van der Waals surface area contributed by atoms with Gasteiger partial charge in [-0.3, -0.25) is 4.98 Å². The van der Waals surface area contributed by atoms with Crippen LogP contribution in [0.3, 0.4) is 0 Å². The van der Waals surface area contributed by atoms with Gasteiger partial charge in [-0.2, -0.15) is 5.10 Å². The highest BCUT2D eigenvalue weighted by Crippen LogP contribution is 2.23. The average Bonchev–Trinajstić information content (AvgIpc) is 3.05. The first-order valence-corrected chi connectivity index (χ1v) is 6.73. The average molecular weight is 258 g/mol. The molecule has 0 saturated heterocycles. The van der Waals surface area contributed by atoms with Crippen molar-refractivity contribution in [2.75, 3.05) is 7.05 Å². The monoisotopic (exact) mass is 258 g/mol. The van der Waals surface area contributed by atoms with Gasteiger partial charge in [-0.1, -0.05) is 6.07 Å². The maximum atomic E-state index is 4.38. The number of fused-ring (bicyclic) bond motifs is 1. The van der Waals surface area contributed by atoms with Crippen molar-refractivity contribution in [1.29, 1.82) is 0 Å². The molecule has 1 N–H and O–H groups in total. The summed E-state index contributed by atoms with van der Waals surface area (Å²) in [5.41, 5.74) is 4.26. The molecular formula is C13H14N4S. The van der Waals surface area contributed by atoms with Gasteiger partial charge < -0.3 is 5.32 Å². The van der Waals surface area contributed by atoms with Gasteiger partial charge in [0, 0.05) is 35.3 Å². The Labute approximate surface area is 109 Å². The number of hydrogen-bond donors (Lipinski definition) is 1. The van der Waals surface area contributed by atoms with E-state index >= 15 is 0 Å². The van der Waals surface area contributed by atoms with E-state index in [9.17, 15) is 0 Å². The Hall–Kier alpha value is -1.72. The largest absolute Gasteiger partial charge is 0.313 e. The highest BCUT2D eigenvalue weighted by atomic mass is 32.1. The summed E-state index contributed by atoms with van der Waals surface area (Å²) in [6.45, 7) is 0. The van der Waals surface area contributed by atoms with Crippen molar-refractivity contribution in [3.63, 3.8) is 0 Å². The lowest BCUT2D eigenvalue weighted by atomic mass is 10.1. The molecular weight excluding hydrogens is 244 g/mol. The molecule has 0 amide bonds. The molecule has 3 rings (SSSR count). The minimum absolute atomic E-state index is 0.269. The molecule has 4 nitrogen and oxygen atoms in total. The molecule has 1 atom stereocenters. The third-order valence-corrected chi connectivity index (χ3v) is 3.87. The molecule has 0 radical (unpaired) electrons. The Kier molecular flexibility index (Phi) is 3.08. The number of likely N-dealkylation sites (N-methyl/N-ethyl adjacent to an activating group) is 1. The van der Waals surface area contributed by atoms with Crippen molar-refractivity contribution in [3.05, 3.63) is 52.7 Å². The fourth-order valence-electron chi connectivity index (χ4n) is 2.13. The van der Waals surface area contributed by atoms with Gasteiger partial charge in [0.1, 0.15) is 0 Å². The first-order chi connectivity index (χ1) is 8.88. The van der Waals surface area contributed by atoms with Crippen molar-refractivity contribution < 1.29 is 0 Å². The first-order valence-electron chi connectivity index (χ1n) is 5.85. The maximum absolute atomic E-state index is 4.38. The summed E-state index contributed by atoms with van der Waals surface area (Å²) in [4.78, 5) is 5.41. The van der Waals surface area contributed by atoms with Crippen molar-refractivity contribution >= 4 is 16.9 Å². The van der Waals surface area contributed by atoms with Gasteiger partial charge in [-0.25, -0.2) is 4.52 Å². The number of rotatable bonds is 4. The fourth-order valence-corrected chi connectivity index (χ4v) is 2.78. The quantitative estimate of drug-likeness (QED) is 0.780. The molecule has 0 aliphatic heterocycles. The molecule has 3 aromatic heterocycles. The fraction of sp³-hybridized carbons (Fsp3) is 0.231. The van der Waals surface area contributed by atoms with Crippen molar-refractivity contribution in [2.45, 2.75) is 12.5 Å². The Balaban J connectivity index is 1.96. The van der Waals surface area contributed by atoms with Crippen LogP contribution < -0.4 is 5.32 Å². The van der Waals surface area contributed by atoms with Crippen LogP contribution in [-0.2, 0) is 6.42 Å². The Morgan fingerprint density at radius 3 is 3.11 bits per heavy atom. The molecule has 0 saturated carbocycles. The van der Waals surface area contributed by atoms with E-state index in [0.29, 0.717) is 0 Å². The summed E-state index contributed by atoms with van der Waals surface area (Å²) in [5.74, 6) is 0. The second kappa shape index (κ2) is 4.88. The zero-order valence-corrected chi connectivity index (χ0v) is 10.9. The van der Waals surface area contributed by atoms with E-state index in [1.807, 2.05) is 47.8 Å². The summed E-state index contributed by atoms with van der Waals surface area (Å²) < 4.78 is 1.91. The lowest BCUT2D eigenvalue weighted by Gasteiger charge is -2.13. The molecule has 3 aromatic rings. The molecule has 0 fully saturated rings. The molecule has 0 spiro atoms. The van der Waals surface area contributed by atoms with Gasteiger partial charge >= 0.3 is 0 Å². The van der Waals surface area contributed by atoms with E-state index in [1.54, 1.807) is 11.3 Å². The standard InChI is InChI=1S/C13H14N4S/c1-14-12(6-10-7-15-9-18-10)11-8-16-17-5-3-2-4-13(11)17/h2-5,7-9,12,14H,6H2,1H3. The summed E-state index contributed by atoms with van der Waals surface area (Å²) in [7, 11) is 1.98. The predicted molar refractivity (Wildman–Crippen MR) is 72.8 cm³/mol. The molecule has 0 aliphatic carbocycles. The van der Waals surface area contributed by atoms with E-state index in [1.165, 1.54) is 10.4 Å². The lowest BCUT2D eigenvalue weighted by molar-refractivity contribution is 0.600. The second-order valence-corrected chi connectivity index (χ2v) is 5.11. The minimum Gasteiger partial charge on any atom is -0.313 e. The van der Waals surface area contributed by atoms with Gasteiger partial charge in [0.15, 0.2) is 0 Å². The number of nitrogens with one attached hydrogen (secondary N) is 1. The van der Waals surface area contributed by atoms with Crippen LogP contribution in [0.2, 0.25) is 0 Å². The molecule has 0 bridgehead atoms. The van der Waals surface area contributed by atoms with E-state index in [4.69, 9.17) is 0 Å². The molecule has 3 heterocycles. The third-order valence-electron chi connectivity index (χ3n) is 3.07. The van der Waals surface area contributed by atoms with Crippen molar-refractivity contribution in [3.8, 4) is 0 Å². The number of pyridine rings is 1. The van der Waals surface area contributed by atoms with Crippen LogP contribution in [0.25, 0.3) is 5.52 Å². The molecule has 0 aliphatic rings. The summed E-state index contributed by atoms with van der Waals surface area (Å²) in [6, 6.07) is 6.39. The predicted octanol–water partition coefficient (Wildman–Crippen LogP) is 2.29. The lowest BCUT2D eigenvalue weighted by Crippen LogP contribution is -2.18. The van der Waals surface area contributed by atoms with Crippen molar-refractivity contribution in [2.24, 2.45) is 0 Å². The van der Waals surface area contributed by atoms with Crippen LogP contribution in [0.15, 0.2) is 42.3 Å². The van der Waals surface area contributed by atoms with E-state index in [2.05, 4.69) is 21.5 Å². The van der Waals surface area contributed by atoms with Crippen LogP contribution in [0.4, 0.5) is 0 Å². The highest BCUT2D eigenvalue weighted by Gasteiger charge is 2.15. The topological polar surface area (TPSA) is 42.2 Å². The number of aromatic nitrogens is 3. The summed E-state index contributed by atoms with van der Waals surface area (Å²) in [6.07, 6.45) is 6.79. The van der Waals surface area contributed by atoms with Gasteiger partial charge in [0.25, 0.3) is 0 Å². The molecule has 18 heavy (non-hydrogen) atoms. The van der Waals surface area contributed by atoms with Gasteiger partial charge in [0.2, 0.25) is 0 Å². The smallest absolute Gasteiger partial charge is 0.0794 e. The van der Waals surface area contributed by atoms with Crippen LogP contribution in [-0.4, -0.2) is 21.6 Å². The summed E-state index contributed by atoms with van der Waals surface area (Å²) >= 11 is 1.69. The Morgan fingerprint density at radius 1 is 1.39 bits per heavy atom. The normalized spacial score (nSPS) is 12.9. The number of nitrogens with zero attached hydrogens (tertiary/aromatic N) is 3. The van der Waals surface area contributed by atoms with Gasteiger partial charge in [0.05, 0.1) is 17.2 Å². The summed E-state index contributed by atoms with van der Waals surface area (Å²) in [5, 5.41) is 7.74. The van der Waals surface area contributed by atoms with Crippen LogP contribution in [0.1, 0.15) is 16.5 Å². The third kappa shape index (κ3) is 2.02. The van der Waals surface area contributed by atoms with Crippen LogP contribution >= 0.6 is 11.3 Å². The maximum Gasteiger partial charge on any atom is 0.0794 e. The first kappa shape index (κ1) is 11.4. The minimum atomic E-state index is 0.269. The van der Waals surface area contributed by atoms with Crippen LogP contribution in [0.5, 0.6) is 0 Å². The Morgan fingerprint density at radius 2 is 2.33 bits per heavy atom. The number of thiazole rings is 1. The van der Waals surface area contributed by atoms with Crippen LogP contribution in [0, 0.1) is 0 Å². The van der Waals surface area contributed by atoms with Gasteiger partial charge in [-0.15, -0.1) is 11.3 Å².